The summed E-state index contributed by atoms with van der Waals surface area (Å²) in [5, 5.41) is 0. The topological polar surface area (TPSA) is 38.5 Å². The third-order valence-corrected chi connectivity index (χ3v) is 5.64. The third-order valence-electron chi connectivity index (χ3n) is 5.64. The highest BCUT2D eigenvalue weighted by Gasteiger charge is 2.57. The fourth-order valence-electron chi connectivity index (χ4n) is 4.09. The second-order valence-corrected chi connectivity index (χ2v) is 6.32. The van der Waals surface area contributed by atoms with E-state index in [1.165, 1.54) is 38.8 Å². The van der Waals surface area contributed by atoms with Crippen LogP contribution in [0.4, 0.5) is 0 Å². The molecule has 3 aliphatic rings. The molecule has 3 rings (SSSR count). The van der Waals surface area contributed by atoms with E-state index in [-0.39, 0.29) is 0 Å². The van der Waals surface area contributed by atoms with Crippen molar-refractivity contribution < 1.29 is 4.74 Å². The van der Waals surface area contributed by atoms with Crippen molar-refractivity contribution >= 4 is 0 Å². The summed E-state index contributed by atoms with van der Waals surface area (Å²) < 4.78 is 5.93. The number of nitrogens with two attached hydrogens (primary N) is 1. The summed E-state index contributed by atoms with van der Waals surface area (Å²) in [5.74, 6) is 0.645. The van der Waals surface area contributed by atoms with Gasteiger partial charge in [-0.3, -0.25) is 4.90 Å². The molecule has 2 heterocycles. The molecule has 0 spiro atoms. The molecule has 3 heteroatoms. The first-order chi connectivity index (χ1) is 8.21. The molecule has 2 aliphatic heterocycles. The zero-order chi connectivity index (χ0) is 12.0. The lowest BCUT2D eigenvalue weighted by molar-refractivity contribution is -0.189. The second-order valence-electron chi connectivity index (χ2n) is 6.32. The Balaban J connectivity index is 1.60. The van der Waals surface area contributed by atoms with Crippen LogP contribution < -0.4 is 5.73 Å². The van der Waals surface area contributed by atoms with Crippen molar-refractivity contribution in [3.05, 3.63) is 0 Å². The van der Waals surface area contributed by atoms with Gasteiger partial charge in [0.25, 0.3) is 0 Å². The van der Waals surface area contributed by atoms with Crippen molar-refractivity contribution in [2.45, 2.75) is 57.7 Å². The van der Waals surface area contributed by atoms with Gasteiger partial charge in [0.05, 0.1) is 12.1 Å². The summed E-state index contributed by atoms with van der Waals surface area (Å²) in [5.41, 5.74) is 6.92. The molecule has 0 amide bonds. The highest BCUT2D eigenvalue weighted by atomic mass is 16.5. The minimum absolute atomic E-state index is 0.368. The van der Waals surface area contributed by atoms with Gasteiger partial charge in [-0.2, -0.15) is 0 Å². The molecule has 4 unspecified atom stereocenters. The van der Waals surface area contributed by atoms with E-state index >= 15 is 0 Å². The number of likely N-dealkylation sites (tertiary alicyclic amines) is 1. The maximum absolute atomic E-state index is 6.34. The second kappa shape index (κ2) is 4.22. The summed E-state index contributed by atoms with van der Waals surface area (Å²) in [6.07, 6.45) is 5.54. The number of fused-ring (bicyclic) bond motifs is 1. The number of rotatable bonds is 3. The summed E-state index contributed by atoms with van der Waals surface area (Å²) in [7, 11) is 0. The number of hydrogen-bond donors (Lipinski definition) is 1. The Bertz CT molecular complexity index is 282. The van der Waals surface area contributed by atoms with Crippen LogP contribution in [-0.4, -0.2) is 42.8 Å². The lowest BCUT2D eigenvalue weighted by Crippen LogP contribution is -2.76. The van der Waals surface area contributed by atoms with Crippen molar-refractivity contribution in [2.75, 3.05) is 19.7 Å². The number of nitrogens with zero attached hydrogens (tertiary/aromatic N) is 1. The van der Waals surface area contributed by atoms with E-state index in [9.17, 15) is 0 Å². The fourth-order valence-corrected chi connectivity index (χ4v) is 4.09. The fraction of sp³-hybridized carbons (Fsp3) is 1.00. The Hall–Kier alpha value is -0.120. The Labute approximate surface area is 105 Å². The zero-order valence-electron chi connectivity index (χ0n) is 11.2. The van der Waals surface area contributed by atoms with Gasteiger partial charge in [-0.25, -0.2) is 0 Å². The van der Waals surface area contributed by atoms with E-state index in [1.807, 2.05) is 0 Å². The lowest BCUT2D eigenvalue weighted by Gasteiger charge is -2.63. The molecule has 0 aromatic carbocycles. The van der Waals surface area contributed by atoms with E-state index in [0.717, 1.165) is 6.61 Å². The third kappa shape index (κ3) is 1.66. The molecular weight excluding hydrogens is 212 g/mol. The van der Waals surface area contributed by atoms with Crippen LogP contribution in [0.25, 0.3) is 0 Å². The number of hydrogen-bond acceptors (Lipinski definition) is 3. The quantitative estimate of drug-likeness (QED) is 0.812. The Morgan fingerprint density at radius 1 is 1.29 bits per heavy atom. The van der Waals surface area contributed by atoms with Gasteiger partial charge >= 0.3 is 0 Å². The Morgan fingerprint density at radius 3 is 2.65 bits per heavy atom. The number of ether oxygens (including phenoxy) is 1. The minimum atomic E-state index is 0.368. The maximum atomic E-state index is 6.34. The van der Waals surface area contributed by atoms with E-state index in [1.54, 1.807) is 0 Å². The first kappa shape index (κ1) is 11.9. The summed E-state index contributed by atoms with van der Waals surface area (Å²) in [4.78, 5) is 2.59. The SMILES string of the molecule is CCC1(CC)CN(C2C(N)C3CCCOC32)C1. The van der Waals surface area contributed by atoms with Crippen LogP contribution in [0.3, 0.4) is 0 Å². The van der Waals surface area contributed by atoms with Gasteiger partial charge in [0.15, 0.2) is 0 Å². The predicted molar refractivity (Wildman–Crippen MR) is 68.8 cm³/mol. The van der Waals surface area contributed by atoms with Gasteiger partial charge in [0.2, 0.25) is 0 Å². The van der Waals surface area contributed by atoms with Crippen LogP contribution >= 0.6 is 0 Å². The highest BCUT2D eigenvalue weighted by molar-refractivity contribution is 5.12. The van der Waals surface area contributed by atoms with Crippen LogP contribution in [0.1, 0.15) is 39.5 Å². The largest absolute Gasteiger partial charge is 0.376 e. The van der Waals surface area contributed by atoms with Gasteiger partial charge in [-0.1, -0.05) is 13.8 Å². The van der Waals surface area contributed by atoms with Crippen molar-refractivity contribution in [1.82, 2.24) is 4.90 Å². The van der Waals surface area contributed by atoms with Crippen molar-refractivity contribution in [3.63, 3.8) is 0 Å². The summed E-state index contributed by atoms with van der Waals surface area (Å²) in [6.45, 7) is 8.07. The van der Waals surface area contributed by atoms with Gasteiger partial charge < -0.3 is 10.5 Å². The normalized spacial score (nSPS) is 44.6. The molecule has 17 heavy (non-hydrogen) atoms. The van der Waals surface area contributed by atoms with Crippen molar-refractivity contribution in [1.29, 1.82) is 0 Å². The molecule has 98 valence electrons. The average Bonchev–Trinajstić information content (AvgIpc) is 2.32. The van der Waals surface area contributed by atoms with Crippen molar-refractivity contribution in [3.8, 4) is 0 Å². The van der Waals surface area contributed by atoms with E-state index in [2.05, 4.69) is 18.7 Å². The van der Waals surface area contributed by atoms with E-state index in [4.69, 9.17) is 10.5 Å². The zero-order valence-corrected chi connectivity index (χ0v) is 11.2. The van der Waals surface area contributed by atoms with Gasteiger partial charge in [-0.05, 0) is 31.1 Å². The maximum Gasteiger partial charge on any atom is 0.0788 e. The van der Waals surface area contributed by atoms with Crippen LogP contribution in [0.5, 0.6) is 0 Å². The van der Waals surface area contributed by atoms with Crippen molar-refractivity contribution in [2.24, 2.45) is 17.1 Å². The van der Waals surface area contributed by atoms with E-state index < -0.39 is 0 Å². The standard InChI is InChI=1S/C14H26N2O/c1-3-14(4-2)8-16(9-14)12-11(15)10-6-5-7-17-13(10)12/h10-13H,3-9,15H2,1-2H3. The molecule has 4 atom stereocenters. The van der Waals surface area contributed by atoms with Crippen LogP contribution in [0.2, 0.25) is 0 Å². The van der Waals surface area contributed by atoms with Crippen LogP contribution in [0.15, 0.2) is 0 Å². The smallest absolute Gasteiger partial charge is 0.0788 e. The molecule has 2 N–H and O–H groups in total. The first-order valence-corrected chi connectivity index (χ1v) is 7.32. The minimum Gasteiger partial charge on any atom is -0.376 e. The Kier molecular flexibility index (Phi) is 2.96. The molecule has 1 aliphatic carbocycles. The summed E-state index contributed by atoms with van der Waals surface area (Å²) >= 11 is 0. The van der Waals surface area contributed by atoms with Crippen LogP contribution in [-0.2, 0) is 4.74 Å². The molecule has 3 fully saturated rings. The van der Waals surface area contributed by atoms with E-state index in [0.29, 0.717) is 29.5 Å². The molecule has 0 bridgehead atoms. The van der Waals surface area contributed by atoms with Gasteiger partial charge in [0, 0.05) is 31.7 Å². The first-order valence-electron chi connectivity index (χ1n) is 7.32. The van der Waals surface area contributed by atoms with Gasteiger partial charge in [0.1, 0.15) is 0 Å². The average molecular weight is 238 g/mol. The molecule has 2 saturated heterocycles. The molecule has 1 saturated carbocycles. The lowest BCUT2D eigenvalue weighted by atomic mass is 9.64. The molecule has 0 aromatic rings. The monoisotopic (exact) mass is 238 g/mol. The molecular formula is C14H26N2O. The summed E-state index contributed by atoms with van der Waals surface area (Å²) in [6, 6.07) is 0.888. The highest BCUT2D eigenvalue weighted by Crippen LogP contribution is 2.46. The molecule has 0 radical (unpaired) electrons. The predicted octanol–water partition coefficient (Wildman–Crippen LogP) is 1.61. The Morgan fingerprint density at radius 2 is 2.00 bits per heavy atom. The van der Waals surface area contributed by atoms with Gasteiger partial charge in [-0.15, -0.1) is 0 Å². The molecule has 0 aromatic heterocycles. The molecule has 3 nitrogen and oxygen atoms in total. The van der Waals surface area contributed by atoms with Crippen LogP contribution in [0, 0.1) is 11.3 Å².